The Labute approximate surface area is 145 Å². The van der Waals surface area contributed by atoms with Crippen molar-refractivity contribution in [1.82, 2.24) is 4.98 Å². The van der Waals surface area contributed by atoms with E-state index >= 15 is 0 Å². The Hall–Kier alpha value is 0.0969. The minimum absolute atomic E-state index is 0.594. The van der Waals surface area contributed by atoms with Crippen LogP contribution in [0.3, 0.4) is 0 Å². The van der Waals surface area contributed by atoms with E-state index in [0.29, 0.717) is 11.6 Å². The summed E-state index contributed by atoms with van der Waals surface area (Å²) in [6, 6.07) is 0.594. The molecule has 2 rings (SSSR count). The summed E-state index contributed by atoms with van der Waals surface area (Å²) in [5, 5.41) is 0. The SMILES string of the molecule is CCCO[Si](NC1CCCCC1C)(OCCC)C1CCCC1C. The van der Waals surface area contributed by atoms with Crippen molar-refractivity contribution < 1.29 is 8.85 Å². The van der Waals surface area contributed by atoms with Crippen LogP contribution in [0, 0.1) is 11.8 Å². The summed E-state index contributed by atoms with van der Waals surface area (Å²) >= 11 is 0. The Morgan fingerprint density at radius 2 is 1.43 bits per heavy atom. The lowest BCUT2D eigenvalue weighted by atomic mass is 9.87. The third-order valence-corrected chi connectivity index (χ3v) is 9.76. The molecule has 3 nitrogen and oxygen atoms in total. The van der Waals surface area contributed by atoms with E-state index < -0.39 is 8.72 Å². The molecule has 0 spiro atoms. The summed E-state index contributed by atoms with van der Waals surface area (Å²) in [6.45, 7) is 10.9. The zero-order chi connectivity index (χ0) is 16.7. The average molecular weight is 342 g/mol. The van der Waals surface area contributed by atoms with Crippen molar-refractivity contribution in [2.45, 2.75) is 97.1 Å². The molecule has 0 aromatic rings. The van der Waals surface area contributed by atoms with Gasteiger partial charge < -0.3 is 8.85 Å². The van der Waals surface area contributed by atoms with Gasteiger partial charge in [-0.2, -0.15) is 0 Å². The first kappa shape index (κ1) is 19.4. The summed E-state index contributed by atoms with van der Waals surface area (Å²) in [6.07, 6.45) is 11.5. The second-order valence-electron chi connectivity index (χ2n) is 7.89. The largest absolute Gasteiger partial charge is 0.428 e. The molecule has 2 saturated carbocycles. The van der Waals surface area contributed by atoms with E-state index in [0.717, 1.165) is 37.9 Å². The van der Waals surface area contributed by atoms with Crippen LogP contribution in [0.5, 0.6) is 0 Å². The summed E-state index contributed by atoms with van der Waals surface area (Å²) in [7, 11) is -2.35. The van der Waals surface area contributed by atoms with Crippen LogP contribution in [0.2, 0.25) is 5.54 Å². The zero-order valence-electron chi connectivity index (χ0n) is 15.9. The van der Waals surface area contributed by atoms with Gasteiger partial charge in [-0.25, -0.2) is 0 Å². The normalized spacial score (nSPS) is 32.3. The lowest BCUT2D eigenvalue weighted by Gasteiger charge is -2.42. The maximum absolute atomic E-state index is 6.59. The molecule has 4 unspecified atom stereocenters. The van der Waals surface area contributed by atoms with E-state index in [9.17, 15) is 0 Å². The highest BCUT2D eigenvalue weighted by Crippen LogP contribution is 2.44. The Bertz CT molecular complexity index is 331. The molecule has 0 radical (unpaired) electrons. The fraction of sp³-hybridized carbons (Fsp3) is 1.00. The molecule has 0 heterocycles. The summed E-state index contributed by atoms with van der Waals surface area (Å²) in [4.78, 5) is 4.06. The van der Waals surface area contributed by atoms with Gasteiger partial charge in [0.05, 0.1) is 0 Å². The van der Waals surface area contributed by atoms with E-state index in [1.807, 2.05) is 0 Å². The Balaban J connectivity index is 2.18. The number of nitrogens with one attached hydrogen (secondary N) is 1. The minimum Gasteiger partial charge on any atom is -0.383 e. The predicted molar refractivity (Wildman–Crippen MR) is 99.6 cm³/mol. The summed E-state index contributed by atoms with van der Waals surface area (Å²) < 4.78 is 13.2. The molecule has 2 aliphatic carbocycles. The van der Waals surface area contributed by atoms with Crippen LogP contribution in [0.15, 0.2) is 0 Å². The molecule has 23 heavy (non-hydrogen) atoms. The van der Waals surface area contributed by atoms with Crippen molar-refractivity contribution in [2.75, 3.05) is 13.2 Å². The van der Waals surface area contributed by atoms with Gasteiger partial charge in [-0.05, 0) is 43.9 Å². The van der Waals surface area contributed by atoms with Gasteiger partial charge in [0.15, 0.2) is 0 Å². The van der Waals surface area contributed by atoms with Gasteiger partial charge in [0, 0.05) is 24.8 Å². The maximum atomic E-state index is 6.59. The molecule has 4 heteroatoms. The number of hydrogen-bond acceptors (Lipinski definition) is 3. The molecule has 0 bridgehead atoms. The number of hydrogen-bond donors (Lipinski definition) is 1. The molecule has 1 N–H and O–H groups in total. The van der Waals surface area contributed by atoms with Gasteiger partial charge in [-0.1, -0.05) is 53.4 Å². The fourth-order valence-corrected chi connectivity index (χ4v) is 8.81. The van der Waals surface area contributed by atoms with Crippen molar-refractivity contribution in [1.29, 1.82) is 0 Å². The first-order valence-electron chi connectivity index (χ1n) is 10.2. The highest BCUT2D eigenvalue weighted by molar-refractivity contribution is 6.66. The number of rotatable bonds is 9. The van der Waals surface area contributed by atoms with Crippen LogP contribution < -0.4 is 4.98 Å². The van der Waals surface area contributed by atoms with E-state index in [1.165, 1.54) is 44.9 Å². The molecule has 2 fully saturated rings. The van der Waals surface area contributed by atoms with Gasteiger partial charge in [-0.3, -0.25) is 4.98 Å². The molecule has 0 aromatic heterocycles. The van der Waals surface area contributed by atoms with Crippen molar-refractivity contribution in [2.24, 2.45) is 11.8 Å². The molecular formula is C19H39NO2Si. The Morgan fingerprint density at radius 3 is 1.96 bits per heavy atom. The van der Waals surface area contributed by atoms with Gasteiger partial charge in [-0.15, -0.1) is 0 Å². The molecule has 0 aliphatic heterocycles. The molecule has 0 saturated heterocycles. The van der Waals surface area contributed by atoms with Crippen molar-refractivity contribution >= 4 is 8.72 Å². The van der Waals surface area contributed by atoms with E-state index in [4.69, 9.17) is 8.85 Å². The third kappa shape index (κ3) is 5.04. The third-order valence-electron chi connectivity index (χ3n) is 5.89. The first-order valence-corrected chi connectivity index (χ1v) is 12.1. The monoisotopic (exact) mass is 341 g/mol. The quantitative estimate of drug-likeness (QED) is 0.589. The molecule has 4 atom stereocenters. The van der Waals surface area contributed by atoms with Gasteiger partial charge in [0.1, 0.15) is 0 Å². The van der Waals surface area contributed by atoms with Crippen LogP contribution in [-0.2, 0) is 8.85 Å². The van der Waals surface area contributed by atoms with Crippen molar-refractivity contribution in [3.63, 3.8) is 0 Å². The van der Waals surface area contributed by atoms with Crippen LogP contribution in [0.25, 0.3) is 0 Å². The van der Waals surface area contributed by atoms with E-state index in [-0.39, 0.29) is 0 Å². The predicted octanol–water partition coefficient (Wildman–Crippen LogP) is 5.14. The standard InChI is InChI=1S/C19H39NO2Si/c1-5-14-21-23(22-15-6-2,19-13-9-11-17(19)4)20-18-12-8-7-10-16(18)3/h16-20H,5-15H2,1-4H3. The lowest BCUT2D eigenvalue weighted by molar-refractivity contribution is 0.128. The molecular weight excluding hydrogens is 302 g/mol. The molecule has 2 aliphatic rings. The fourth-order valence-electron chi connectivity index (χ4n) is 4.45. The van der Waals surface area contributed by atoms with Crippen molar-refractivity contribution in [3.8, 4) is 0 Å². The lowest BCUT2D eigenvalue weighted by Crippen LogP contribution is -2.65. The van der Waals surface area contributed by atoms with Gasteiger partial charge >= 0.3 is 8.72 Å². The Kier molecular flexibility index (Phi) is 8.06. The van der Waals surface area contributed by atoms with Crippen LogP contribution in [0.4, 0.5) is 0 Å². The smallest absolute Gasteiger partial charge is 0.383 e. The zero-order valence-corrected chi connectivity index (χ0v) is 16.9. The Morgan fingerprint density at radius 1 is 0.826 bits per heavy atom. The summed E-state index contributed by atoms with van der Waals surface area (Å²) in [5.41, 5.74) is 0.620. The highest BCUT2D eigenvalue weighted by atomic mass is 28.4. The molecule has 0 aromatic carbocycles. The summed E-state index contributed by atoms with van der Waals surface area (Å²) in [5.74, 6) is 1.49. The van der Waals surface area contributed by atoms with E-state index in [2.05, 4.69) is 32.7 Å². The average Bonchev–Trinajstić information content (AvgIpc) is 2.99. The highest BCUT2D eigenvalue weighted by Gasteiger charge is 2.52. The van der Waals surface area contributed by atoms with Gasteiger partial charge in [0.25, 0.3) is 0 Å². The van der Waals surface area contributed by atoms with Gasteiger partial charge in [0.2, 0.25) is 0 Å². The minimum atomic E-state index is -2.35. The van der Waals surface area contributed by atoms with Crippen LogP contribution >= 0.6 is 0 Å². The first-order chi connectivity index (χ1) is 11.1. The maximum Gasteiger partial charge on any atom is 0.428 e. The van der Waals surface area contributed by atoms with Crippen LogP contribution in [-0.4, -0.2) is 28.0 Å². The topological polar surface area (TPSA) is 30.5 Å². The van der Waals surface area contributed by atoms with Crippen molar-refractivity contribution in [3.05, 3.63) is 0 Å². The second-order valence-corrected chi connectivity index (χ2v) is 10.8. The van der Waals surface area contributed by atoms with Crippen LogP contribution in [0.1, 0.15) is 85.5 Å². The molecule has 136 valence electrons. The molecule has 0 amide bonds. The second kappa shape index (κ2) is 9.55. The van der Waals surface area contributed by atoms with E-state index in [1.54, 1.807) is 0 Å².